The van der Waals surface area contributed by atoms with E-state index >= 15 is 0 Å². The van der Waals surface area contributed by atoms with Gasteiger partial charge in [-0.15, -0.1) is 0 Å². The van der Waals surface area contributed by atoms with E-state index in [-0.39, 0.29) is 18.2 Å². The zero-order valence-corrected chi connectivity index (χ0v) is 9.64. The fourth-order valence-corrected chi connectivity index (χ4v) is 2.06. The number of hydrogen-bond acceptors (Lipinski definition) is 2. The number of hydrogen-bond donors (Lipinski definition) is 1. The van der Waals surface area contributed by atoms with Crippen LogP contribution in [-0.2, 0) is 6.54 Å². The van der Waals surface area contributed by atoms with Crippen molar-refractivity contribution in [2.24, 2.45) is 0 Å². The molecular formula is C12H15F3N2. The number of nitrogens with zero attached hydrogens (tertiary/aromatic N) is 1. The summed E-state index contributed by atoms with van der Waals surface area (Å²) in [5, 5.41) is 3.15. The summed E-state index contributed by atoms with van der Waals surface area (Å²) in [7, 11) is 2.01. The average Bonchev–Trinajstić information content (AvgIpc) is 2.68. The Kier molecular flexibility index (Phi) is 3.69. The van der Waals surface area contributed by atoms with E-state index < -0.39 is 17.5 Å². The summed E-state index contributed by atoms with van der Waals surface area (Å²) in [6, 6.07) is 1.79. The van der Waals surface area contributed by atoms with Gasteiger partial charge < -0.3 is 10.2 Å². The Morgan fingerprint density at radius 2 is 1.94 bits per heavy atom. The molecule has 0 bridgehead atoms. The largest absolute Gasteiger partial charge is 0.308 e. The molecular weight excluding hydrogens is 229 g/mol. The second-order valence-corrected chi connectivity index (χ2v) is 4.49. The molecule has 0 aromatic heterocycles. The molecule has 1 aromatic rings. The van der Waals surface area contributed by atoms with Crippen molar-refractivity contribution in [2.45, 2.75) is 19.0 Å². The highest BCUT2D eigenvalue weighted by Crippen LogP contribution is 2.14. The molecule has 94 valence electrons. The van der Waals surface area contributed by atoms with Crippen molar-refractivity contribution in [3.8, 4) is 0 Å². The Hall–Kier alpha value is -1.07. The van der Waals surface area contributed by atoms with Gasteiger partial charge in [0.2, 0.25) is 0 Å². The molecule has 0 radical (unpaired) electrons. The number of likely N-dealkylation sites (tertiary alicyclic amines) is 1. The Morgan fingerprint density at radius 1 is 1.24 bits per heavy atom. The van der Waals surface area contributed by atoms with Gasteiger partial charge in [0.25, 0.3) is 0 Å². The fourth-order valence-electron chi connectivity index (χ4n) is 2.06. The van der Waals surface area contributed by atoms with Crippen LogP contribution in [0.25, 0.3) is 0 Å². The van der Waals surface area contributed by atoms with Crippen LogP contribution in [0, 0.1) is 17.5 Å². The van der Waals surface area contributed by atoms with Crippen LogP contribution in [0.5, 0.6) is 0 Å². The van der Waals surface area contributed by atoms with E-state index in [0.29, 0.717) is 6.07 Å². The summed E-state index contributed by atoms with van der Waals surface area (Å²) in [5.74, 6) is -2.86. The van der Waals surface area contributed by atoms with E-state index in [1.807, 2.05) is 7.05 Å². The second kappa shape index (κ2) is 5.06. The SMILES string of the molecule is CN1CCC(NCc2cc(F)c(F)cc2F)C1. The number of likely N-dealkylation sites (N-methyl/N-ethyl adjacent to an activating group) is 1. The van der Waals surface area contributed by atoms with Crippen molar-refractivity contribution >= 4 is 0 Å². The maximum absolute atomic E-state index is 13.3. The molecule has 1 aliphatic heterocycles. The van der Waals surface area contributed by atoms with Gasteiger partial charge in [-0.2, -0.15) is 0 Å². The first-order valence-corrected chi connectivity index (χ1v) is 5.61. The summed E-state index contributed by atoms with van der Waals surface area (Å²) in [6.07, 6.45) is 0.988. The average molecular weight is 244 g/mol. The quantitative estimate of drug-likeness (QED) is 0.817. The highest BCUT2D eigenvalue weighted by atomic mass is 19.2. The van der Waals surface area contributed by atoms with Gasteiger partial charge >= 0.3 is 0 Å². The van der Waals surface area contributed by atoms with Gasteiger partial charge in [-0.1, -0.05) is 0 Å². The molecule has 1 N–H and O–H groups in total. The number of nitrogens with one attached hydrogen (secondary N) is 1. The van der Waals surface area contributed by atoms with Crippen LogP contribution in [-0.4, -0.2) is 31.1 Å². The fraction of sp³-hybridized carbons (Fsp3) is 0.500. The van der Waals surface area contributed by atoms with E-state index in [9.17, 15) is 13.2 Å². The summed E-state index contributed by atoms with van der Waals surface area (Å²) in [5.41, 5.74) is 0.165. The van der Waals surface area contributed by atoms with Crippen LogP contribution in [0.3, 0.4) is 0 Å². The highest BCUT2D eigenvalue weighted by molar-refractivity contribution is 5.20. The summed E-state index contributed by atoms with van der Waals surface area (Å²) < 4.78 is 39.0. The molecule has 17 heavy (non-hydrogen) atoms. The molecule has 1 heterocycles. The van der Waals surface area contributed by atoms with Crippen molar-refractivity contribution in [1.29, 1.82) is 0 Å². The van der Waals surface area contributed by atoms with E-state index in [1.165, 1.54) is 0 Å². The maximum Gasteiger partial charge on any atom is 0.161 e. The summed E-state index contributed by atoms with van der Waals surface area (Å²) >= 11 is 0. The monoisotopic (exact) mass is 244 g/mol. The Morgan fingerprint density at radius 3 is 2.59 bits per heavy atom. The van der Waals surface area contributed by atoms with Crippen molar-refractivity contribution < 1.29 is 13.2 Å². The van der Waals surface area contributed by atoms with Crippen LogP contribution in [0.4, 0.5) is 13.2 Å². The van der Waals surface area contributed by atoms with Crippen molar-refractivity contribution in [3.05, 3.63) is 35.1 Å². The van der Waals surface area contributed by atoms with Crippen molar-refractivity contribution in [1.82, 2.24) is 10.2 Å². The first kappa shape index (κ1) is 12.4. The zero-order valence-electron chi connectivity index (χ0n) is 9.64. The van der Waals surface area contributed by atoms with E-state index in [2.05, 4.69) is 10.2 Å². The standard InChI is InChI=1S/C12H15F3N2/c1-17-3-2-9(7-17)16-6-8-4-11(14)12(15)5-10(8)13/h4-5,9,16H,2-3,6-7H2,1H3. The third-order valence-corrected chi connectivity index (χ3v) is 3.06. The molecule has 0 amide bonds. The molecule has 1 aliphatic rings. The molecule has 2 rings (SSSR count). The van der Waals surface area contributed by atoms with Crippen molar-refractivity contribution in [2.75, 3.05) is 20.1 Å². The molecule has 0 spiro atoms. The van der Waals surface area contributed by atoms with Gasteiger partial charge in [0.05, 0.1) is 0 Å². The van der Waals surface area contributed by atoms with E-state index in [1.54, 1.807) is 0 Å². The molecule has 1 aromatic carbocycles. The molecule has 2 nitrogen and oxygen atoms in total. The van der Waals surface area contributed by atoms with E-state index in [4.69, 9.17) is 0 Å². The lowest BCUT2D eigenvalue weighted by Crippen LogP contribution is -2.31. The number of benzene rings is 1. The van der Waals surface area contributed by atoms with Crippen LogP contribution in [0.15, 0.2) is 12.1 Å². The third kappa shape index (κ3) is 2.98. The molecule has 1 atom stereocenters. The van der Waals surface area contributed by atoms with Gasteiger partial charge in [-0.05, 0) is 26.1 Å². The number of rotatable bonds is 3. The predicted octanol–water partition coefficient (Wildman–Crippen LogP) is 1.90. The molecule has 1 unspecified atom stereocenters. The van der Waals surface area contributed by atoms with Crippen LogP contribution < -0.4 is 5.32 Å². The van der Waals surface area contributed by atoms with Gasteiger partial charge in [-0.25, -0.2) is 13.2 Å². The highest BCUT2D eigenvalue weighted by Gasteiger charge is 2.19. The minimum Gasteiger partial charge on any atom is -0.308 e. The van der Waals surface area contributed by atoms with Crippen LogP contribution in [0.2, 0.25) is 0 Å². The minimum absolute atomic E-state index is 0.165. The van der Waals surface area contributed by atoms with Crippen LogP contribution >= 0.6 is 0 Å². The Labute approximate surface area is 98.4 Å². The molecule has 0 saturated carbocycles. The second-order valence-electron chi connectivity index (χ2n) is 4.49. The van der Waals surface area contributed by atoms with E-state index in [0.717, 1.165) is 25.6 Å². The zero-order chi connectivity index (χ0) is 12.4. The first-order valence-electron chi connectivity index (χ1n) is 5.61. The lowest BCUT2D eigenvalue weighted by Gasteiger charge is -2.13. The number of halogens is 3. The van der Waals surface area contributed by atoms with Gasteiger partial charge in [0, 0.05) is 30.8 Å². The smallest absolute Gasteiger partial charge is 0.161 e. The van der Waals surface area contributed by atoms with Gasteiger partial charge in [0.1, 0.15) is 5.82 Å². The molecule has 1 saturated heterocycles. The lowest BCUT2D eigenvalue weighted by molar-refractivity contribution is 0.396. The van der Waals surface area contributed by atoms with Crippen molar-refractivity contribution in [3.63, 3.8) is 0 Å². The lowest BCUT2D eigenvalue weighted by atomic mass is 10.1. The Bertz CT molecular complexity index is 409. The minimum atomic E-state index is -1.15. The third-order valence-electron chi connectivity index (χ3n) is 3.06. The predicted molar refractivity (Wildman–Crippen MR) is 59.1 cm³/mol. The first-order chi connectivity index (χ1) is 8.06. The normalized spacial score (nSPS) is 21.1. The molecule has 0 aliphatic carbocycles. The maximum atomic E-state index is 13.3. The molecule has 5 heteroatoms. The summed E-state index contributed by atoms with van der Waals surface area (Å²) in [4.78, 5) is 2.17. The topological polar surface area (TPSA) is 15.3 Å². The van der Waals surface area contributed by atoms with Crippen LogP contribution in [0.1, 0.15) is 12.0 Å². The summed E-state index contributed by atoms with van der Waals surface area (Å²) in [6.45, 7) is 2.12. The van der Waals surface area contributed by atoms with Gasteiger partial charge in [-0.3, -0.25) is 0 Å². The Balaban J connectivity index is 1.97. The molecule has 1 fully saturated rings. The van der Waals surface area contributed by atoms with Gasteiger partial charge in [0.15, 0.2) is 11.6 Å².